The fourth-order valence-corrected chi connectivity index (χ4v) is 2.27. The van der Waals surface area contributed by atoms with Crippen LogP contribution in [0.5, 0.6) is 5.75 Å². The fraction of sp³-hybridized carbons (Fsp3) is 0.308. The van der Waals surface area contributed by atoms with Gasteiger partial charge in [-0.05, 0) is 30.3 Å². The van der Waals surface area contributed by atoms with Gasteiger partial charge in [0.1, 0.15) is 18.1 Å². The van der Waals surface area contributed by atoms with Gasteiger partial charge in [-0.25, -0.2) is 4.63 Å². The van der Waals surface area contributed by atoms with Gasteiger partial charge < -0.3 is 15.0 Å². The van der Waals surface area contributed by atoms with E-state index in [1.54, 1.807) is 25.1 Å². The van der Waals surface area contributed by atoms with Crippen molar-refractivity contribution < 1.29 is 14.2 Å². The summed E-state index contributed by atoms with van der Waals surface area (Å²) in [7, 11) is 0. The summed E-state index contributed by atoms with van der Waals surface area (Å²) in [5.74, 6) is 0.846. The van der Waals surface area contributed by atoms with E-state index in [1.807, 2.05) is 4.90 Å². The van der Waals surface area contributed by atoms with Gasteiger partial charge >= 0.3 is 0 Å². The maximum absolute atomic E-state index is 12.1. The molecule has 0 spiro atoms. The molecule has 3 rings (SSSR count). The van der Waals surface area contributed by atoms with Crippen molar-refractivity contribution in [2.75, 3.05) is 29.9 Å². The van der Waals surface area contributed by atoms with Gasteiger partial charge in [-0.15, -0.1) is 0 Å². The summed E-state index contributed by atoms with van der Waals surface area (Å²) in [6.45, 7) is 3.00. The molecule has 110 valence electrons. The molecule has 21 heavy (non-hydrogen) atoms. The molecule has 0 unspecified atom stereocenters. The van der Waals surface area contributed by atoms with Gasteiger partial charge in [0.15, 0.2) is 5.82 Å². The van der Waals surface area contributed by atoms with E-state index in [0.717, 1.165) is 11.4 Å². The Labute approximate surface area is 125 Å². The summed E-state index contributed by atoms with van der Waals surface area (Å²) in [4.78, 5) is 14.0. The van der Waals surface area contributed by atoms with Gasteiger partial charge in [-0.1, -0.05) is 16.8 Å². The van der Waals surface area contributed by atoms with E-state index in [2.05, 4.69) is 20.3 Å². The number of hydrogen-bond donors (Lipinski definition) is 1. The number of carbonyl (C=O) groups excluding carboxylic acids is 1. The minimum atomic E-state index is -0.207. The van der Waals surface area contributed by atoms with Crippen molar-refractivity contribution in [1.29, 1.82) is 0 Å². The minimum Gasteiger partial charge on any atom is -0.490 e. The number of aromatic nitrogens is 2. The first kappa shape index (κ1) is 13.7. The van der Waals surface area contributed by atoms with Gasteiger partial charge in [0.2, 0.25) is 5.91 Å². The predicted molar refractivity (Wildman–Crippen MR) is 76.8 cm³/mol. The van der Waals surface area contributed by atoms with E-state index in [0.29, 0.717) is 29.7 Å². The molecule has 1 N–H and O–H groups in total. The largest absolute Gasteiger partial charge is 0.490 e. The number of aryl methyl sites for hydroxylation is 1. The van der Waals surface area contributed by atoms with Crippen LogP contribution in [0.3, 0.4) is 0 Å². The van der Waals surface area contributed by atoms with Crippen LogP contribution in [-0.2, 0) is 4.79 Å². The van der Waals surface area contributed by atoms with Gasteiger partial charge in [0, 0.05) is 5.02 Å². The Kier molecular flexibility index (Phi) is 3.66. The van der Waals surface area contributed by atoms with Crippen molar-refractivity contribution in [2.45, 2.75) is 6.92 Å². The highest BCUT2D eigenvalue weighted by Crippen LogP contribution is 2.33. The Bertz CT molecular complexity index is 673. The summed E-state index contributed by atoms with van der Waals surface area (Å²) in [5, 5.41) is 10.5. The van der Waals surface area contributed by atoms with Crippen molar-refractivity contribution in [3.8, 4) is 5.75 Å². The van der Waals surface area contributed by atoms with E-state index in [-0.39, 0.29) is 12.5 Å². The number of hydrogen-bond acceptors (Lipinski definition) is 6. The number of rotatable bonds is 3. The molecule has 8 heteroatoms. The number of ether oxygens (including phenoxy) is 1. The topological polar surface area (TPSA) is 80.5 Å². The molecule has 0 radical (unpaired) electrons. The summed E-state index contributed by atoms with van der Waals surface area (Å²) in [6, 6.07) is 5.34. The van der Waals surface area contributed by atoms with Gasteiger partial charge in [-0.2, -0.15) is 0 Å². The molecule has 1 aliphatic heterocycles. The fourth-order valence-electron chi connectivity index (χ4n) is 2.10. The first-order valence-electron chi connectivity index (χ1n) is 6.40. The molecule has 2 heterocycles. The first-order valence-corrected chi connectivity index (χ1v) is 6.77. The molecular formula is C13H13ClN4O3. The zero-order valence-electron chi connectivity index (χ0n) is 11.3. The lowest BCUT2D eigenvalue weighted by atomic mass is 10.2. The molecule has 1 aromatic heterocycles. The number of halogens is 1. The third-order valence-electron chi connectivity index (χ3n) is 3.13. The van der Waals surface area contributed by atoms with Crippen molar-refractivity contribution >= 4 is 29.0 Å². The van der Waals surface area contributed by atoms with Crippen LogP contribution in [0.2, 0.25) is 5.02 Å². The van der Waals surface area contributed by atoms with Crippen LogP contribution in [0.4, 0.5) is 11.5 Å². The molecule has 7 nitrogen and oxygen atoms in total. The average molecular weight is 309 g/mol. The lowest BCUT2D eigenvalue weighted by Crippen LogP contribution is -2.38. The molecule has 1 amide bonds. The van der Waals surface area contributed by atoms with Crippen LogP contribution in [0.1, 0.15) is 5.69 Å². The normalized spacial score (nSPS) is 13.5. The lowest BCUT2D eigenvalue weighted by molar-refractivity contribution is -0.115. The van der Waals surface area contributed by atoms with E-state index < -0.39 is 0 Å². The van der Waals surface area contributed by atoms with Gasteiger partial charge in [0.05, 0.1) is 18.8 Å². The molecule has 2 aromatic rings. The van der Waals surface area contributed by atoms with Crippen LogP contribution in [0.15, 0.2) is 22.8 Å². The maximum atomic E-state index is 12.1. The van der Waals surface area contributed by atoms with E-state index in [4.69, 9.17) is 16.3 Å². The highest BCUT2D eigenvalue weighted by atomic mass is 35.5. The smallest absolute Gasteiger partial charge is 0.245 e. The number of benzene rings is 1. The Balaban J connectivity index is 1.73. The van der Waals surface area contributed by atoms with Crippen molar-refractivity contribution in [2.24, 2.45) is 0 Å². The number of anilines is 2. The highest BCUT2D eigenvalue weighted by Gasteiger charge is 2.21. The zero-order valence-corrected chi connectivity index (χ0v) is 12.1. The van der Waals surface area contributed by atoms with Crippen LogP contribution in [-0.4, -0.2) is 35.9 Å². The number of nitrogens with one attached hydrogen (secondary N) is 1. The third kappa shape index (κ3) is 2.92. The summed E-state index contributed by atoms with van der Waals surface area (Å²) < 4.78 is 10.1. The summed E-state index contributed by atoms with van der Waals surface area (Å²) >= 11 is 6.00. The first-order chi connectivity index (χ1) is 10.1. The molecule has 1 aliphatic rings. The maximum Gasteiger partial charge on any atom is 0.245 e. The molecule has 0 saturated heterocycles. The highest BCUT2D eigenvalue weighted by molar-refractivity contribution is 6.31. The number of amides is 1. The standard InChI is InChI=1S/C13H13ClN4O3/c1-8-13(17-21-16-8)15-12(19)7-18-4-5-20-11-3-2-9(14)6-10(11)18/h2-3,6H,4-5,7H2,1H3,(H,15,17,19). The van der Waals surface area contributed by atoms with Gasteiger partial charge in [-0.3, -0.25) is 4.79 Å². The van der Waals surface area contributed by atoms with Crippen molar-refractivity contribution in [3.63, 3.8) is 0 Å². The summed E-state index contributed by atoms with van der Waals surface area (Å²) in [6.07, 6.45) is 0. The lowest BCUT2D eigenvalue weighted by Gasteiger charge is -2.30. The van der Waals surface area contributed by atoms with Crippen LogP contribution in [0, 0.1) is 6.92 Å². The Morgan fingerprint density at radius 2 is 2.33 bits per heavy atom. The van der Waals surface area contributed by atoms with Gasteiger partial charge in [0.25, 0.3) is 0 Å². The number of fused-ring (bicyclic) bond motifs is 1. The number of nitrogens with zero attached hydrogens (tertiary/aromatic N) is 3. The molecule has 0 fully saturated rings. The van der Waals surface area contributed by atoms with Crippen molar-refractivity contribution in [1.82, 2.24) is 10.3 Å². The Morgan fingerprint density at radius 3 is 3.10 bits per heavy atom. The van der Waals surface area contributed by atoms with Crippen molar-refractivity contribution in [3.05, 3.63) is 28.9 Å². The van der Waals surface area contributed by atoms with Crippen LogP contribution >= 0.6 is 11.6 Å². The molecule has 0 saturated carbocycles. The van der Waals surface area contributed by atoms with Crippen LogP contribution in [0.25, 0.3) is 0 Å². The molecule has 0 bridgehead atoms. The van der Waals surface area contributed by atoms with Crippen LogP contribution < -0.4 is 15.0 Å². The average Bonchev–Trinajstić information content (AvgIpc) is 2.85. The molecule has 1 aromatic carbocycles. The predicted octanol–water partition coefficient (Wildman–Crippen LogP) is 1.87. The van der Waals surface area contributed by atoms with E-state index in [9.17, 15) is 4.79 Å². The number of carbonyl (C=O) groups is 1. The SMILES string of the molecule is Cc1nonc1NC(=O)CN1CCOc2ccc(Cl)cc21. The monoisotopic (exact) mass is 308 g/mol. The van der Waals surface area contributed by atoms with E-state index >= 15 is 0 Å². The molecular weight excluding hydrogens is 296 g/mol. The summed E-state index contributed by atoms with van der Waals surface area (Å²) in [5.41, 5.74) is 1.34. The minimum absolute atomic E-state index is 0.170. The molecule has 0 atom stereocenters. The molecule has 0 aliphatic carbocycles. The second-order valence-corrected chi connectivity index (χ2v) is 5.06. The second-order valence-electron chi connectivity index (χ2n) is 4.63. The quantitative estimate of drug-likeness (QED) is 0.932. The third-order valence-corrected chi connectivity index (χ3v) is 3.36. The second kappa shape index (κ2) is 5.61. The Hall–Kier alpha value is -2.28. The zero-order chi connectivity index (χ0) is 14.8. The Morgan fingerprint density at radius 1 is 1.48 bits per heavy atom. The van der Waals surface area contributed by atoms with E-state index in [1.165, 1.54) is 0 Å².